The molecule has 2 rings (SSSR count). The third kappa shape index (κ3) is 3.72. The van der Waals surface area contributed by atoms with Gasteiger partial charge in [0.1, 0.15) is 11.0 Å². The number of anilines is 1. The van der Waals surface area contributed by atoms with Crippen molar-refractivity contribution in [2.24, 2.45) is 0 Å². The Balaban J connectivity index is 2.04. The molecule has 2 atom stereocenters. The lowest BCUT2D eigenvalue weighted by Gasteiger charge is -2.28. The molecule has 1 aliphatic heterocycles. The van der Waals surface area contributed by atoms with Gasteiger partial charge in [-0.05, 0) is 26.0 Å². The topological polar surface area (TPSA) is 47.0 Å². The zero-order chi connectivity index (χ0) is 12.3. The summed E-state index contributed by atoms with van der Waals surface area (Å²) in [5, 5.41) is 4.57. The van der Waals surface area contributed by atoms with Gasteiger partial charge in [-0.3, -0.25) is 0 Å². The molecule has 1 aromatic heterocycles. The van der Waals surface area contributed by atoms with E-state index in [9.17, 15) is 0 Å². The molecule has 0 radical (unpaired) electrons. The minimum Gasteiger partial charge on any atom is -0.378 e. The standard InChI is InChI=1S/C11H16ClN3OS/c1-7-5-8(3-4-16-7)13-10-6-9(12)14-11(15-10)17-2/h6-8H,3-5H2,1-2H3,(H,13,14,15). The number of ether oxygens (including phenoxy) is 1. The van der Waals surface area contributed by atoms with E-state index in [0.717, 1.165) is 25.3 Å². The Kier molecular flexibility index (Phi) is 4.48. The van der Waals surface area contributed by atoms with E-state index in [0.29, 0.717) is 22.5 Å². The zero-order valence-electron chi connectivity index (χ0n) is 9.94. The normalized spacial score (nSPS) is 24.6. The van der Waals surface area contributed by atoms with Gasteiger partial charge in [-0.15, -0.1) is 0 Å². The summed E-state index contributed by atoms with van der Waals surface area (Å²) >= 11 is 7.43. The van der Waals surface area contributed by atoms with Gasteiger partial charge in [-0.2, -0.15) is 0 Å². The summed E-state index contributed by atoms with van der Waals surface area (Å²) in [4.78, 5) is 8.50. The van der Waals surface area contributed by atoms with E-state index in [1.807, 2.05) is 6.26 Å². The maximum absolute atomic E-state index is 5.95. The Labute approximate surface area is 111 Å². The van der Waals surface area contributed by atoms with E-state index in [1.54, 1.807) is 6.07 Å². The molecule has 1 aromatic rings. The Morgan fingerprint density at radius 2 is 2.35 bits per heavy atom. The van der Waals surface area contributed by atoms with Crippen molar-refractivity contribution in [1.82, 2.24) is 9.97 Å². The lowest BCUT2D eigenvalue weighted by Crippen LogP contribution is -2.32. The van der Waals surface area contributed by atoms with Crippen LogP contribution in [0.25, 0.3) is 0 Å². The van der Waals surface area contributed by atoms with Gasteiger partial charge in [0.05, 0.1) is 6.10 Å². The maximum atomic E-state index is 5.95. The van der Waals surface area contributed by atoms with Gasteiger partial charge in [0.25, 0.3) is 0 Å². The summed E-state index contributed by atoms with van der Waals surface area (Å²) in [5.41, 5.74) is 0. The van der Waals surface area contributed by atoms with E-state index in [2.05, 4.69) is 22.2 Å². The van der Waals surface area contributed by atoms with Crippen molar-refractivity contribution >= 4 is 29.2 Å². The van der Waals surface area contributed by atoms with E-state index >= 15 is 0 Å². The quantitative estimate of drug-likeness (QED) is 0.521. The van der Waals surface area contributed by atoms with Crippen LogP contribution in [0.15, 0.2) is 11.2 Å². The van der Waals surface area contributed by atoms with Crippen LogP contribution in [0.4, 0.5) is 5.82 Å². The highest BCUT2D eigenvalue weighted by atomic mass is 35.5. The van der Waals surface area contributed by atoms with Crippen LogP contribution in [0.1, 0.15) is 19.8 Å². The van der Waals surface area contributed by atoms with Gasteiger partial charge in [0.15, 0.2) is 5.16 Å². The molecule has 1 aliphatic rings. The third-order valence-corrected chi connectivity index (χ3v) is 3.44. The van der Waals surface area contributed by atoms with Gasteiger partial charge in [-0.1, -0.05) is 23.4 Å². The molecule has 2 heterocycles. The number of hydrogen-bond acceptors (Lipinski definition) is 5. The molecule has 94 valence electrons. The molecule has 4 nitrogen and oxygen atoms in total. The number of rotatable bonds is 3. The summed E-state index contributed by atoms with van der Waals surface area (Å²) < 4.78 is 5.51. The molecule has 17 heavy (non-hydrogen) atoms. The third-order valence-electron chi connectivity index (χ3n) is 2.69. The fourth-order valence-electron chi connectivity index (χ4n) is 1.90. The van der Waals surface area contributed by atoms with Crippen molar-refractivity contribution in [3.8, 4) is 0 Å². The van der Waals surface area contributed by atoms with Crippen molar-refractivity contribution in [2.75, 3.05) is 18.2 Å². The summed E-state index contributed by atoms with van der Waals surface area (Å²) in [6.07, 6.45) is 4.24. The van der Waals surface area contributed by atoms with Crippen molar-refractivity contribution < 1.29 is 4.74 Å². The smallest absolute Gasteiger partial charge is 0.190 e. The van der Waals surface area contributed by atoms with Crippen LogP contribution in [-0.2, 0) is 4.74 Å². The molecule has 0 bridgehead atoms. The molecule has 1 saturated heterocycles. The second kappa shape index (κ2) is 5.89. The Bertz CT molecular complexity index is 391. The van der Waals surface area contributed by atoms with Crippen molar-refractivity contribution in [3.63, 3.8) is 0 Å². The molecule has 0 spiro atoms. The first-order valence-electron chi connectivity index (χ1n) is 5.64. The summed E-state index contributed by atoms with van der Waals surface area (Å²) in [5.74, 6) is 0.799. The zero-order valence-corrected chi connectivity index (χ0v) is 11.5. The molecule has 6 heteroatoms. The predicted molar refractivity (Wildman–Crippen MR) is 70.9 cm³/mol. The molecule has 1 fully saturated rings. The average molecular weight is 274 g/mol. The number of nitrogens with zero attached hydrogens (tertiary/aromatic N) is 2. The Morgan fingerprint density at radius 1 is 1.53 bits per heavy atom. The van der Waals surface area contributed by atoms with Crippen molar-refractivity contribution in [1.29, 1.82) is 0 Å². The highest BCUT2D eigenvalue weighted by Crippen LogP contribution is 2.21. The highest BCUT2D eigenvalue weighted by Gasteiger charge is 2.19. The average Bonchev–Trinajstić information content (AvgIpc) is 2.28. The van der Waals surface area contributed by atoms with Crippen molar-refractivity contribution in [3.05, 3.63) is 11.2 Å². The Morgan fingerprint density at radius 3 is 3.06 bits per heavy atom. The van der Waals surface area contributed by atoms with Gasteiger partial charge in [-0.25, -0.2) is 9.97 Å². The summed E-state index contributed by atoms with van der Waals surface area (Å²) in [6, 6.07) is 2.17. The number of aromatic nitrogens is 2. The van der Waals surface area contributed by atoms with Gasteiger partial charge < -0.3 is 10.1 Å². The van der Waals surface area contributed by atoms with Gasteiger partial charge >= 0.3 is 0 Å². The van der Waals surface area contributed by atoms with Crippen LogP contribution in [0.3, 0.4) is 0 Å². The van der Waals surface area contributed by atoms with Crippen LogP contribution in [0, 0.1) is 0 Å². The first-order chi connectivity index (χ1) is 8.17. The first-order valence-corrected chi connectivity index (χ1v) is 7.24. The van der Waals surface area contributed by atoms with Crippen molar-refractivity contribution in [2.45, 2.75) is 37.1 Å². The molecule has 0 saturated carbocycles. The Hall–Kier alpha value is -0.520. The van der Waals surface area contributed by atoms with Crippen LogP contribution >= 0.6 is 23.4 Å². The van der Waals surface area contributed by atoms with Gasteiger partial charge in [0.2, 0.25) is 0 Å². The number of hydrogen-bond donors (Lipinski definition) is 1. The lowest BCUT2D eigenvalue weighted by atomic mass is 10.0. The van der Waals surface area contributed by atoms with Crippen LogP contribution in [-0.4, -0.2) is 35.0 Å². The lowest BCUT2D eigenvalue weighted by molar-refractivity contribution is 0.0231. The maximum Gasteiger partial charge on any atom is 0.190 e. The minimum absolute atomic E-state index is 0.304. The largest absolute Gasteiger partial charge is 0.378 e. The number of nitrogens with one attached hydrogen (secondary N) is 1. The number of halogens is 1. The fourth-order valence-corrected chi connectivity index (χ4v) is 2.51. The molecule has 1 N–H and O–H groups in total. The van der Waals surface area contributed by atoms with E-state index < -0.39 is 0 Å². The second-order valence-corrected chi connectivity index (χ2v) is 5.27. The first kappa shape index (κ1) is 12.9. The van der Waals surface area contributed by atoms with E-state index in [-0.39, 0.29) is 0 Å². The van der Waals surface area contributed by atoms with Crippen LogP contribution in [0.2, 0.25) is 5.15 Å². The van der Waals surface area contributed by atoms with Crippen LogP contribution in [0.5, 0.6) is 0 Å². The second-order valence-electron chi connectivity index (χ2n) is 4.11. The molecular weight excluding hydrogens is 258 g/mol. The van der Waals surface area contributed by atoms with E-state index in [4.69, 9.17) is 16.3 Å². The minimum atomic E-state index is 0.304. The fraction of sp³-hybridized carbons (Fsp3) is 0.636. The molecule has 0 aromatic carbocycles. The highest BCUT2D eigenvalue weighted by molar-refractivity contribution is 7.98. The molecule has 2 unspecified atom stereocenters. The van der Waals surface area contributed by atoms with Gasteiger partial charge in [0, 0.05) is 18.7 Å². The summed E-state index contributed by atoms with van der Waals surface area (Å²) in [6.45, 7) is 2.89. The molecular formula is C11H16ClN3OS. The SMILES string of the molecule is CSc1nc(Cl)cc(NC2CCOC(C)C2)n1. The summed E-state index contributed by atoms with van der Waals surface area (Å²) in [7, 11) is 0. The van der Waals surface area contributed by atoms with Crippen LogP contribution < -0.4 is 5.32 Å². The predicted octanol–water partition coefficient (Wildman–Crippen LogP) is 2.83. The molecule has 0 aliphatic carbocycles. The number of thioether (sulfide) groups is 1. The monoisotopic (exact) mass is 273 g/mol. The molecule has 0 amide bonds. The van der Waals surface area contributed by atoms with E-state index in [1.165, 1.54) is 11.8 Å².